The summed E-state index contributed by atoms with van der Waals surface area (Å²) in [6.45, 7) is 3.95. The van der Waals surface area contributed by atoms with E-state index in [0.717, 1.165) is 0 Å². The third-order valence-corrected chi connectivity index (χ3v) is 1.93. The van der Waals surface area contributed by atoms with Crippen LogP contribution < -0.4 is 4.74 Å². The second-order valence-corrected chi connectivity index (χ2v) is 3.14. The highest BCUT2D eigenvalue weighted by atomic mass is 35.5. The smallest absolute Gasteiger partial charge is 0.337 e. The van der Waals surface area contributed by atoms with Crippen molar-refractivity contribution in [1.82, 2.24) is 4.98 Å². The Bertz CT molecular complexity index is 379. The lowest BCUT2D eigenvalue weighted by Gasteiger charge is -2.04. The van der Waals surface area contributed by atoms with E-state index in [-0.39, 0.29) is 16.5 Å². The van der Waals surface area contributed by atoms with Gasteiger partial charge in [0.05, 0.1) is 23.4 Å². The molecule has 4 nitrogen and oxygen atoms in total. The Balaban J connectivity index is 2.78. The number of carboxylic acid groups (broad SMARTS) is 1. The first-order valence-corrected chi connectivity index (χ1v) is 4.65. The number of aromatic nitrogens is 1. The van der Waals surface area contributed by atoms with Gasteiger partial charge < -0.3 is 9.84 Å². The zero-order valence-electron chi connectivity index (χ0n) is 7.94. The summed E-state index contributed by atoms with van der Waals surface area (Å²) in [5.41, 5.74) is -0.0136. The number of rotatable bonds is 5. The van der Waals surface area contributed by atoms with Gasteiger partial charge in [0.1, 0.15) is 0 Å². The summed E-state index contributed by atoms with van der Waals surface area (Å²) in [5, 5.41) is 8.87. The van der Waals surface area contributed by atoms with Gasteiger partial charge in [-0.05, 0) is 6.42 Å². The predicted octanol–water partition coefficient (Wildman–Crippen LogP) is 2.39. The van der Waals surface area contributed by atoms with Crippen LogP contribution in [0.3, 0.4) is 0 Å². The zero-order chi connectivity index (χ0) is 11.3. The number of aromatic carboxylic acids is 1. The van der Waals surface area contributed by atoms with E-state index in [1.54, 1.807) is 6.08 Å². The Morgan fingerprint density at radius 2 is 2.47 bits per heavy atom. The van der Waals surface area contributed by atoms with Crippen LogP contribution in [0.5, 0.6) is 5.88 Å². The second-order valence-electron chi connectivity index (χ2n) is 2.73. The molecule has 5 heteroatoms. The molecule has 1 heterocycles. The van der Waals surface area contributed by atoms with Gasteiger partial charge in [0.2, 0.25) is 5.88 Å². The molecular formula is C10H10ClNO3. The predicted molar refractivity (Wildman–Crippen MR) is 56.5 cm³/mol. The van der Waals surface area contributed by atoms with Gasteiger partial charge in [-0.3, -0.25) is 0 Å². The molecule has 0 aromatic carbocycles. The molecule has 0 aliphatic heterocycles. The standard InChI is InChI=1S/C10H10ClNO3/c1-2-3-4-15-9-5-7(10(13)14)8(11)6-12-9/h2,5-6H,1,3-4H2,(H,13,14). The SMILES string of the molecule is C=CCCOc1cc(C(=O)O)c(Cl)cn1. The number of halogens is 1. The van der Waals surface area contributed by atoms with Gasteiger partial charge in [0.15, 0.2) is 0 Å². The van der Waals surface area contributed by atoms with E-state index in [2.05, 4.69) is 11.6 Å². The minimum Gasteiger partial charge on any atom is -0.478 e. The van der Waals surface area contributed by atoms with Crippen LogP contribution in [0.4, 0.5) is 0 Å². The van der Waals surface area contributed by atoms with Crippen LogP contribution in [0.2, 0.25) is 5.02 Å². The van der Waals surface area contributed by atoms with Crippen LogP contribution in [0.1, 0.15) is 16.8 Å². The fourth-order valence-corrected chi connectivity index (χ4v) is 1.09. The van der Waals surface area contributed by atoms with E-state index in [0.29, 0.717) is 13.0 Å². The molecule has 15 heavy (non-hydrogen) atoms. The van der Waals surface area contributed by atoms with Crippen LogP contribution in [0.15, 0.2) is 24.9 Å². The van der Waals surface area contributed by atoms with Crippen LogP contribution in [-0.2, 0) is 0 Å². The van der Waals surface area contributed by atoms with Gasteiger partial charge in [0, 0.05) is 6.07 Å². The molecule has 0 aliphatic carbocycles. The van der Waals surface area contributed by atoms with Gasteiger partial charge in [-0.2, -0.15) is 0 Å². The van der Waals surface area contributed by atoms with Crippen molar-refractivity contribution >= 4 is 17.6 Å². The van der Waals surface area contributed by atoms with E-state index in [9.17, 15) is 4.79 Å². The topological polar surface area (TPSA) is 59.4 Å². The number of carboxylic acids is 1. The summed E-state index contributed by atoms with van der Waals surface area (Å²) in [6.07, 6.45) is 3.63. The fraction of sp³-hybridized carbons (Fsp3) is 0.200. The van der Waals surface area contributed by atoms with Crippen LogP contribution in [0, 0.1) is 0 Å². The zero-order valence-corrected chi connectivity index (χ0v) is 8.70. The normalized spacial score (nSPS) is 9.67. The number of hydrogen-bond donors (Lipinski definition) is 1. The lowest BCUT2D eigenvalue weighted by molar-refractivity contribution is 0.0696. The number of carbonyl (C=O) groups is 1. The number of ether oxygens (including phenoxy) is 1. The molecule has 1 aromatic heterocycles. The molecule has 0 aliphatic rings. The van der Waals surface area contributed by atoms with Gasteiger partial charge >= 0.3 is 5.97 Å². The van der Waals surface area contributed by atoms with Gasteiger partial charge in [0.25, 0.3) is 0 Å². The van der Waals surface area contributed by atoms with E-state index in [1.807, 2.05) is 0 Å². The molecule has 0 fully saturated rings. The number of pyridine rings is 1. The van der Waals surface area contributed by atoms with E-state index in [4.69, 9.17) is 21.4 Å². The summed E-state index contributed by atoms with van der Waals surface area (Å²) >= 11 is 5.64. The van der Waals surface area contributed by atoms with Gasteiger partial charge in [-0.15, -0.1) is 6.58 Å². The van der Waals surface area contributed by atoms with Crippen molar-refractivity contribution < 1.29 is 14.6 Å². The highest BCUT2D eigenvalue weighted by Gasteiger charge is 2.10. The average molecular weight is 228 g/mol. The van der Waals surface area contributed by atoms with Crippen molar-refractivity contribution in [2.24, 2.45) is 0 Å². The molecule has 1 aromatic rings. The Kier molecular flexibility index (Phi) is 4.12. The largest absolute Gasteiger partial charge is 0.478 e. The molecule has 0 radical (unpaired) electrons. The first-order valence-electron chi connectivity index (χ1n) is 4.27. The molecule has 1 N–H and O–H groups in total. The summed E-state index contributed by atoms with van der Waals surface area (Å²) in [5.74, 6) is -0.852. The first kappa shape index (κ1) is 11.5. The maximum atomic E-state index is 10.7. The Morgan fingerprint density at radius 3 is 3.07 bits per heavy atom. The number of nitrogens with zero attached hydrogens (tertiary/aromatic N) is 1. The van der Waals surface area contributed by atoms with E-state index >= 15 is 0 Å². The molecule has 0 amide bonds. The average Bonchev–Trinajstić information content (AvgIpc) is 2.20. The lowest BCUT2D eigenvalue weighted by atomic mass is 10.3. The van der Waals surface area contributed by atoms with Gasteiger partial charge in [-0.1, -0.05) is 17.7 Å². The maximum absolute atomic E-state index is 10.7. The Hall–Kier alpha value is -1.55. The minimum absolute atomic E-state index is 0.0136. The molecule has 1 rings (SSSR count). The molecule has 0 saturated carbocycles. The van der Waals surface area contributed by atoms with Crippen molar-refractivity contribution in [1.29, 1.82) is 0 Å². The molecule has 0 atom stereocenters. The third-order valence-electron chi connectivity index (χ3n) is 1.63. The van der Waals surface area contributed by atoms with Crippen LogP contribution in [-0.4, -0.2) is 22.7 Å². The Morgan fingerprint density at radius 1 is 1.73 bits per heavy atom. The molecule has 80 valence electrons. The van der Waals surface area contributed by atoms with Crippen molar-refractivity contribution in [3.05, 3.63) is 35.5 Å². The summed E-state index contributed by atoms with van der Waals surface area (Å²) < 4.78 is 5.19. The first-order chi connectivity index (χ1) is 7.15. The highest BCUT2D eigenvalue weighted by Crippen LogP contribution is 2.19. The van der Waals surface area contributed by atoms with Crippen molar-refractivity contribution in [2.75, 3.05) is 6.61 Å². The summed E-state index contributed by atoms with van der Waals surface area (Å²) in [4.78, 5) is 14.6. The highest BCUT2D eigenvalue weighted by molar-refractivity contribution is 6.33. The Labute approximate surface area is 92.2 Å². The minimum atomic E-state index is -1.10. The monoisotopic (exact) mass is 227 g/mol. The molecule has 0 saturated heterocycles. The summed E-state index contributed by atoms with van der Waals surface area (Å²) in [7, 11) is 0. The van der Waals surface area contributed by atoms with E-state index < -0.39 is 5.97 Å². The van der Waals surface area contributed by atoms with E-state index in [1.165, 1.54) is 12.3 Å². The quantitative estimate of drug-likeness (QED) is 0.620. The third kappa shape index (κ3) is 3.25. The van der Waals surface area contributed by atoms with Crippen molar-refractivity contribution in [3.63, 3.8) is 0 Å². The maximum Gasteiger partial charge on any atom is 0.337 e. The van der Waals surface area contributed by atoms with Crippen LogP contribution in [0.25, 0.3) is 0 Å². The summed E-state index contributed by atoms with van der Waals surface area (Å²) in [6, 6.07) is 1.30. The van der Waals surface area contributed by atoms with Crippen molar-refractivity contribution in [2.45, 2.75) is 6.42 Å². The second kappa shape index (κ2) is 5.36. The van der Waals surface area contributed by atoms with Crippen molar-refractivity contribution in [3.8, 4) is 5.88 Å². The van der Waals surface area contributed by atoms with Gasteiger partial charge in [-0.25, -0.2) is 9.78 Å². The lowest BCUT2D eigenvalue weighted by Crippen LogP contribution is -2.02. The molecule has 0 bridgehead atoms. The number of hydrogen-bond acceptors (Lipinski definition) is 3. The fourth-order valence-electron chi connectivity index (χ4n) is 0.909. The van der Waals surface area contributed by atoms with Crippen LogP contribution >= 0.6 is 11.6 Å². The molecule has 0 spiro atoms. The molecule has 0 unspecified atom stereocenters. The molecular weight excluding hydrogens is 218 g/mol.